The summed E-state index contributed by atoms with van der Waals surface area (Å²) < 4.78 is 0. The van der Waals surface area contributed by atoms with Gasteiger partial charge in [0.05, 0.1) is 12.7 Å². The van der Waals surface area contributed by atoms with E-state index in [1.165, 1.54) is 0 Å². The maximum absolute atomic E-state index is 8.93. The van der Waals surface area contributed by atoms with E-state index in [0.29, 0.717) is 0 Å². The lowest BCUT2D eigenvalue weighted by atomic mass is 10.0. The second-order valence-corrected chi connectivity index (χ2v) is 1.80. The van der Waals surface area contributed by atoms with E-state index in [1.807, 2.05) is 0 Å². The number of hydrogen-bond acceptors (Lipinski definition) is 2. The van der Waals surface area contributed by atoms with Crippen LogP contribution in [0.4, 0.5) is 0 Å². The molecular weight excluding hydrogens is 116 g/mol. The topological polar surface area (TPSA) is 40.5 Å². The third kappa shape index (κ3) is 2.44. The van der Waals surface area contributed by atoms with Crippen molar-refractivity contribution in [1.29, 1.82) is 0 Å². The number of hydrogen-bond donors (Lipinski definition) is 2. The van der Waals surface area contributed by atoms with Crippen molar-refractivity contribution in [2.24, 2.45) is 5.92 Å². The molecule has 0 amide bonds. The van der Waals surface area contributed by atoms with Gasteiger partial charge in [0, 0.05) is 5.92 Å². The summed E-state index contributed by atoms with van der Waals surface area (Å²) in [7, 11) is 0. The molecule has 1 atom stereocenters. The Hall–Kier alpha value is -0.600. The molecule has 0 fully saturated rings. The van der Waals surface area contributed by atoms with Crippen molar-refractivity contribution in [2.75, 3.05) is 6.61 Å². The molecule has 2 nitrogen and oxygen atoms in total. The maximum Gasteiger partial charge on any atom is 0.0867 e. The van der Waals surface area contributed by atoms with Crippen LogP contribution in [-0.4, -0.2) is 22.9 Å². The van der Waals surface area contributed by atoms with Gasteiger partial charge < -0.3 is 10.2 Å². The standard InChI is InChI=1S/C7H12O2/c1-3-6(4-2)7(9)5-8/h3-4,6-9H,1-2,5H2. The minimum atomic E-state index is -0.750. The van der Waals surface area contributed by atoms with Crippen LogP contribution in [0, 0.1) is 5.92 Å². The van der Waals surface area contributed by atoms with Crippen LogP contribution in [0.3, 0.4) is 0 Å². The van der Waals surface area contributed by atoms with E-state index in [-0.39, 0.29) is 12.5 Å². The van der Waals surface area contributed by atoms with Gasteiger partial charge in [0.25, 0.3) is 0 Å². The molecule has 2 N–H and O–H groups in total. The highest BCUT2D eigenvalue weighted by molar-refractivity contribution is 4.95. The van der Waals surface area contributed by atoms with Crippen molar-refractivity contribution in [3.8, 4) is 0 Å². The molecule has 0 aliphatic carbocycles. The first-order chi connectivity index (χ1) is 4.26. The summed E-state index contributed by atoms with van der Waals surface area (Å²) >= 11 is 0. The summed E-state index contributed by atoms with van der Waals surface area (Å²) in [5.74, 6) is -0.199. The van der Waals surface area contributed by atoms with Gasteiger partial charge in [-0.3, -0.25) is 0 Å². The zero-order valence-electron chi connectivity index (χ0n) is 5.33. The van der Waals surface area contributed by atoms with Gasteiger partial charge in [0.2, 0.25) is 0 Å². The molecule has 0 aromatic carbocycles. The monoisotopic (exact) mass is 128 g/mol. The molecule has 0 aliphatic rings. The van der Waals surface area contributed by atoms with Crippen LogP contribution in [0.15, 0.2) is 25.3 Å². The Morgan fingerprint density at radius 2 is 1.78 bits per heavy atom. The predicted octanol–water partition coefficient (Wildman–Crippen LogP) is 0.328. The fourth-order valence-corrected chi connectivity index (χ4v) is 0.532. The Balaban J connectivity index is 3.77. The first kappa shape index (κ1) is 8.40. The zero-order chi connectivity index (χ0) is 7.28. The average Bonchev–Trinajstić information content (AvgIpc) is 1.90. The van der Waals surface area contributed by atoms with Crippen LogP contribution < -0.4 is 0 Å². The molecule has 0 bridgehead atoms. The van der Waals surface area contributed by atoms with E-state index < -0.39 is 6.10 Å². The van der Waals surface area contributed by atoms with E-state index in [4.69, 9.17) is 10.2 Å². The van der Waals surface area contributed by atoms with Gasteiger partial charge >= 0.3 is 0 Å². The minimum Gasteiger partial charge on any atom is -0.394 e. The van der Waals surface area contributed by atoms with Crippen molar-refractivity contribution in [2.45, 2.75) is 6.10 Å². The minimum absolute atomic E-state index is 0.199. The van der Waals surface area contributed by atoms with Crippen molar-refractivity contribution < 1.29 is 10.2 Å². The average molecular weight is 128 g/mol. The van der Waals surface area contributed by atoms with Crippen LogP contribution >= 0.6 is 0 Å². The molecule has 0 heterocycles. The van der Waals surface area contributed by atoms with Crippen molar-refractivity contribution in [3.05, 3.63) is 25.3 Å². The molecule has 2 heteroatoms. The first-order valence-electron chi connectivity index (χ1n) is 2.80. The van der Waals surface area contributed by atoms with Crippen molar-refractivity contribution >= 4 is 0 Å². The van der Waals surface area contributed by atoms with Crippen LogP contribution in [0.25, 0.3) is 0 Å². The quantitative estimate of drug-likeness (QED) is 0.535. The van der Waals surface area contributed by atoms with Gasteiger partial charge in [-0.05, 0) is 0 Å². The Kier molecular flexibility index (Phi) is 4.01. The molecule has 0 saturated carbocycles. The molecule has 9 heavy (non-hydrogen) atoms. The second kappa shape index (κ2) is 4.30. The van der Waals surface area contributed by atoms with Gasteiger partial charge in [-0.25, -0.2) is 0 Å². The summed E-state index contributed by atoms with van der Waals surface area (Å²) in [6, 6.07) is 0. The van der Waals surface area contributed by atoms with Gasteiger partial charge in [0.15, 0.2) is 0 Å². The fraction of sp³-hybridized carbons (Fsp3) is 0.429. The lowest BCUT2D eigenvalue weighted by molar-refractivity contribution is 0.0765. The zero-order valence-corrected chi connectivity index (χ0v) is 5.33. The van der Waals surface area contributed by atoms with E-state index in [2.05, 4.69) is 13.2 Å². The molecule has 0 saturated heterocycles. The van der Waals surface area contributed by atoms with Gasteiger partial charge in [-0.1, -0.05) is 12.2 Å². The molecule has 1 unspecified atom stereocenters. The Morgan fingerprint density at radius 3 is 1.89 bits per heavy atom. The van der Waals surface area contributed by atoms with Crippen molar-refractivity contribution in [3.63, 3.8) is 0 Å². The number of aliphatic hydroxyl groups is 2. The summed E-state index contributed by atoms with van der Waals surface area (Å²) in [6.07, 6.45) is 2.35. The van der Waals surface area contributed by atoms with E-state index >= 15 is 0 Å². The summed E-state index contributed by atoms with van der Waals surface area (Å²) in [4.78, 5) is 0. The molecule has 0 rings (SSSR count). The van der Waals surface area contributed by atoms with E-state index in [9.17, 15) is 0 Å². The van der Waals surface area contributed by atoms with Crippen LogP contribution in [-0.2, 0) is 0 Å². The van der Waals surface area contributed by atoms with Crippen LogP contribution in [0.1, 0.15) is 0 Å². The van der Waals surface area contributed by atoms with Gasteiger partial charge in [-0.2, -0.15) is 0 Å². The molecule has 0 aromatic heterocycles. The highest BCUT2D eigenvalue weighted by Gasteiger charge is 2.09. The Bertz CT molecular complexity index is 91.1. The Morgan fingerprint density at radius 1 is 1.33 bits per heavy atom. The fourth-order valence-electron chi connectivity index (χ4n) is 0.532. The maximum atomic E-state index is 8.93. The van der Waals surface area contributed by atoms with Crippen molar-refractivity contribution in [1.82, 2.24) is 0 Å². The molecular formula is C7H12O2. The molecule has 0 aromatic rings. The highest BCUT2D eigenvalue weighted by atomic mass is 16.3. The molecule has 52 valence electrons. The second-order valence-electron chi connectivity index (χ2n) is 1.80. The first-order valence-corrected chi connectivity index (χ1v) is 2.80. The summed E-state index contributed by atoms with van der Waals surface area (Å²) in [5.41, 5.74) is 0. The van der Waals surface area contributed by atoms with E-state index in [0.717, 1.165) is 0 Å². The number of aliphatic hydroxyl groups excluding tert-OH is 2. The third-order valence-corrected chi connectivity index (χ3v) is 1.18. The molecule has 0 aliphatic heterocycles. The molecule has 0 radical (unpaired) electrons. The summed E-state index contributed by atoms with van der Waals surface area (Å²) in [5, 5.41) is 17.3. The Labute approximate surface area is 55.1 Å². The molecule has 0 spiro atoms. The largest absolute Gasteiger partial charge is 0.394 e. The summed E-state index contributed by atoms with van der Waals surface area (Å²) in [6.45, 7) is 6.67. The predicted molar refractivity (Wildman–Crippen MR) is 37.0 cm³/mol. The van der Waals surface area contributed by atoms with Crippen LogP contribution in [0.2, 0.25) is 0 Å². The third-order valence-electron chi connectivity index (χ3n) is 1.18. The van der Waals surface area contributed by atoms with E-state index in [1.54, 1.807) is 12.2 Å². The van der Waals surface area contributed by atoms with Crippen LogP contribution in [0.5, 0.6) is 0 Å². The van der Waals surface area contributed by atoms with Gasteiger partial charge in [0.1, 0.15) is 0 Å². The SMILES string of the molecule is C=CC(C=C)C(O)CO. The normalized spacial score (nSPS) is 13.2. The smallest absolute Gasteiger partial charge is 0.0867 e. The lowest BCUT2D eigenvalue weighted by Gasteiger charge is -2.11. The lowest BCUT2D eigenvalue weighted by Crippen LogP contribution is -2.20. The number of rotatable bonds is 4. The highest BCUT2D eigenvalue weighted by Crippen LogP contribution is 2.04. The van der Waals surface area contributed by atoms with Gasteiger partial charge in [-0.15, -0.1) is 13.2 Å².